The summed E-state index contributed by atoms with van der Waals surface area (Å²) in [4.78, 5) is 15.7. The van der Waals surface area contributed by atoms with Crippen LogP contribution in [0.15, 0.2) is 10.6 Å². The number of aryl methyl sites for hydroxylation is 1. The molecule has 0 saturated heterocycles. The standard InChI is InChI=1S/C13H23N3O2/c1-3-11-8-16-13(18-11)9-15-12(17)5-4-10(2)6-7-14/h8,10H,3-7,9,14H2,1-2H3,(H,15,17). The summed E-state index contributed by atoms with van der Waals surface area (Å²) >= 11 is 0. The van der Waals surface area contributed by atoms with Crippen molar-refractivity contribution in [1.29, 1.82) is 0 Å². The smallest absolute Gasteiger partial charge is 0.220 e. The van der Waals surface area contributed by atoms with Gasteiger partial charge in [0.05, 0.1) is 12.7 Å². The van der Waals surface area contributed by atoms with Crippen molar-refractivity contribution in [3.63, 3.8) is 0 Å². The quantitative estimate of drug-likeness (QED) is 0.737. The van der Waals surface area contributed by atoms with Crippen molar-refractivity contribution in [3.05, 3.63) is 17.8 Å². The number of hydrogen-bond donors (Lipinski definition) is 2. The Labute approximate surface area is 108 Å². The van der Waals surface area contributed by atoms with Crippen molar-refractivity contribution in [2.24, 2.45) is 11.7 Å². The molecule has 0 aliphatic rings. The third kappa shape index (κ3) is 5.31. The van der Waals surface area contributed by atoms with Crippen molar-refractivity contribution in [3.8, 4) is 0 Å². The molecule has 0 radical (unpaired) electrons. The van der Waals surface area contributed by atoms with Crippen LogP contribution in [-0.2, 0) is 17.8 Å². The van der Waals surface area contributed by atoms with Crippen LogP contribution < -0.4 is 11.1 Å². The van der Waals surface area contributed by atoms with Crippen LogP contribution in [0.25, 0.3) is 0 Å². The minimum atomic E-state index is 0.0371. The minimum absolute atomic E-state index is 0.0371. The van der Waals surface area contributed by atoms with E-state index in [1.807, 2.05) is 6.92 Å². The van der Waals surface area contributed by atoms with Gasteiger partial charge in [-0.25, -0.2) is 4.98 Å². The highest BCUT2D eigenvalue weighted by atomic mass is 16.4. The summed E-state index contributed by atoms with van der Waals surface area (Å²) in [6.45, 7) is 5.16. The molecule has 0 fully saturated rings. The molecule has 1 atom stereocenters. The van der Waals surface area contributed by atoms with Gasteiger partial charge in [0.2, 0.25) is 11.8 Å². The van der Waals surface area contributed by atoms with Crippen LogP contribution in [0.1, 0.15) is 44.8 Å². The second-order valence-electron chi connectivity index (χ2n) is 4.57. The zero-order valence-corrected chi connectivity index (χ0v) is 11.2. The van der Waals surface area contributed by atoms with E-state index < -0.39 is 0 Å². The minimum Gasteiger partial charge on any atom is -0.444 e. The van der Waals surface area contributed by atoms with Crippen LogP contribution in [0.5, 0.6) is 0 Å². The molecular formula is C13H23N3O2. The maximum Gasteiger partial charge on any atom is 0.220 e. The number of carbonyl (C=O) groups excluding carboxylic acids is 1. The zero-order valence-electron chi connectivity index (χ0n) is 11.2. The summed E-state index contributed by atoms with van der Waals surface area (Å²) in [7, 11) is 0. The first-order valence-electron chi connectivity index (χ1n) is 6.56. The molecule has 5 heteroatoms. The number of rotatable bonds is 8. The first kappa shape index (κ1) is 14.7. The summed E-state index contributed by atoms with van der Waals surface area (Å²) in [5, 5.41) is 2.81. The molecule has 1 heterocycles. The van der Waals surface area contributed by atoms with Gasteiger partial charge in [0.15, 0.2) is 0 Å². The second-order valence-corrected chi connectivity index (χ2v) is 4.57. The van der Waals surface area contributed by atoms with Crippen molar-refractivity contribution in [1.82, 2.24) is 10.3 Å². The van der Waals surface area contributed by atoms with Gasteiger partial charge < -0.3 is 15.5 Å². The molecule has 0 spiro atoms. The number of nitrogens with two attached hydrogens (primary N) is 1. The van der Waals surface area contributed by atoms with Gasteiger partial charge >= 0.3 is 0 Å². The Kier molecular flexibility index (Phi) is 6.43. The third-order valence-electron chi connectivity index (χ3n) is 2.91. The van der Waals surface area contributed by atoms with E-state index in [2.05, 4.69) is 17.2 Å². The topological polar surface area (TPSA) is 81.2 Å². The van der Waals surface area contributed by atoms with Gasteiger partial charge in [-0.1, -0.05) is 13.8 Å². The molecule has 1 aromatic heterocycles. The van der Waals surface area contributed by atoms with E-state index >= 15 is 0 Å². The third-order valence-corrected chi connectivity index (χ3v) is 2.91. The summed E-state index contributed by atoms with van der Waals surface area (Å²) in [6.07, 6.45) is 4.88. The Balaban J connectivity index is 2.20. The molecule has 0 bridgehead atoms. The number of nitrogens with zero attached hydrogens (tertiary/aromatic N) is 1. The Morgan fingerprint density at radius 1 is 1.56 bits per heavy atom. The fraction of sp³-hybridized carbons (Fsp3) is 0.692. The first-order chi connectivity index (χ1) is 8.65. The van der Waals surface area contributed by atoms with Crippen molar-refractivity contribution in [2.75, 3.05) is 6.54 Å². The largest absolute Gasteiger partial charge is 0.444 e. The molecule has 18 heavy (non-hydrogen) atoms. The lowest BCUT2D eigenvalue weighted by atomic mass is 10.0. The number of nitrogens with one attached hydrogen (secondary N) is 1. The second kappa shape index (κ2) is 7.87. The SMILES string of the molecule is CCc1cnc(CNC(=O)CCC(C)CCN)o1. The Hall–Kier alpha value is -1.36. The highest BCUT2D eigenvalue weighted by Crippen LogP contribution is 2.09. The molecule has 0 aliphatic carbocycles. The summed E-state index contributed by atoms with van der Waals surface area (Å²) < 4.78 is 5.40. The van der Waals surface area contributed by atoms with E-state index in [4.69, 9.17) is 10.2 Å². The van der Waals surface area contributed by atoms with Gasteiger partial charge in [0, 0.05) is 12.8 Å². The van der Waals surface area contributed by atoms with Gasteiger partial charge in [-0.3, -0.25) is 4.79 Å². The average Bonchev–Trinajstić information content (AvgIpc) is 2.82. The first-order valence-corrected chi connectivity index (χ1v) is 6.56. The molecule has 5 nitrogen and oxygen atoms in total. The predicted octanol–water partition coefficient (Wildman–Crippen LogP) is 1.62. The lowest BCUT2D eigenvalue weighted by Crippen LogP contribution is -2.23. The zero-order chi connectivity index (χ0) is 13.4. The molecule has 1 rings (SSSR count). The van der Waals surface area contributed by atoms with Crippen molar-refractivity contribution < 1.29 is 9.21 Å². The molecule has 0 saturated carbocycles. The van der Waals surface area contributed by atoms with Crippen LogP contribution in [-0.4, -0.2) is 17.4 Å². The monoisotopic (exact) mass is 253 g/mol. The molecule has 0 aromatic carbocycles. The highest BCUT2D eigenvalue weighted by molar-refractivity contribution is 5.75. The molecular weight excluding hydrogens is 230 g/mol. The summed E-state index contributed by atoms with van der Waals surface area (Å²) in [5.41, 5.74) is 5.46. The van der Waals surface area contributed by atoms with Crippen LogP contribution in [0.3, 0.4) is 0 Å². The van der Waals surface area contributed by atoms with Gasteiger partial charge in [0.25, 0.3) is 0 Å². The maximum atomic E-state index is 11.6. The molecule has 0 aliphatic heterocycles. The van der Waals surface area contributed by atoms with Crippen LogP contribution >= 0.6 is 0 Å². The lowest BCUT2D eigenvalue weighted by molar-refractivity contribution is -0.121. The van der Waals surface area contributed by atoms with E-state index in [1.54, 1.807) is 6.20 Å². The fourth-order valence-corrected chi connectivity index (χ4v) is 1.66. The van der Waals surface area contributed by atoms with E-state index in [0.717, 1.165) is 25.0 Å². The average molecular weight is 253 g/mol. The predicted molar refractivity (Wildman–Crippen MR) is 69.8 cm³/mol. The van der Waals surface area contributed by atoms with Crippen molar-refractivity contribution >= 4 is 5.91 Å². The van der Waals surface area contributed by atoms with E-state index in [0.29, 0.717) is 31.3 Å². The normalized spacial score (nSPS) is 12.4. The maximum absolute atomic E-state index is 11.6. The molecule has 102 valence electrons. The van der Waals surface area contributed by atoms with Gasteiger partial charge in [-0.2, -0.15) is 0 Å². The lowest BCUT2D eigenvalue weighted by Gasteiger charge is -2.09. The Morgan fingerprint density at radius 3 is 2.94 bits per heavy atom. The highest BCUT2D eigenvalue weighted by Gasteiger charge is 2.08. The van der Waals surface area contributed by atoms with Crippen LogP contribution in [0.2, 0.25) is 0 Å². The molecule has 3 N–H and O–H groups in total. The number of aromatic nitrogens is 1. The number of hydrogen-bond acceptors (Lipinski definition) is 4. The fourth-order valence-electron chi connectivity index (χ4n) is 1.66. The van der Waals surface area contributed by atoms with E-state index in [1.165, 1.54) is 0 Å². The molecule has 1 aromatic rings. The van der Waals surface area contributed by atoms with Crippen LogP contribution in [0, 0.1) is 5.92 Å². The Morgan fingerprint density at radius 2 is 2.33 bits per heavy atom. The van der Waals surface area contributed by atoms with E-state index in [-0.39, 0.29) is 5.91 Å². The summed E-state index contributed by atoms with van der Waals surface area (Å²) in [5.74, 6) is 1.94. The van der Waals surface area contributed by atoms with Gasteiger partial charge in [-0.05, 0) is 25.3 Å². The molecule has 1 amide bonds. The number of amides is 1. The van der Waals surface area contributed by atoms with Gasteiger partial charge in [-0.15, -0.1) is 0 Å². The van der Waals surface area contributed by atoms with Crippen LogP contribution in [0.4, 0.5) is 0 Å². The van der Waals surface area contributed by atoms with E-state index in [9.17, 15) is 4.79 Å². The molecule has 1 unspecified atom stereocenters. The number of oxazole rings is 1. The van der Waals surface area contributed by atoms with Gasteiger partial charge in [0.1, 0.15) is 5.76 Å². The Bertz CT molecular complexity index is 363. The number of carbonyl (C=O) groups is 1. The van der Waals surface area contributed by atoms with Crippen molar-refractivity contribution in [2.45, 2.75) is 46.1 Å². The summed E-state index contributed by atoms with van der Waals surface area (Å²) in [6, 6.07) is 0.